The third kappa shape index (κ3) is 2.91. The second-order valence-electron chi connectivity index (χ2n) is 5.53. The molecule has 0 saturated heterocycles. The molecule has 0 aromatic carbocycles. The SMILES string of the molecule is CC(C)(C)OC(=O)N1CCc2cc(N)cnc2C1. The molecule has 1 aliphatic heterocycles. The van der Waals surface area contributed by atoms with Crippen LogP contribution in [0, 0.1) is 0 Å². The molecule has 2 N–H and O–H groups in total. The van der Waals surface area contributed by atoms with Crippen LogP contribution in [0.15, 0.2) is 12.3 Å². The van der Waals surface area contributed by atoms with Crippen LogP contribution in [0.5, 0.6) is 0 Å². The maximum Gasteiger partial charge on any atom is 0.410 e. The number of nitrogen functional groups attached to an aromatic ring is 1. The minimum Gasteiger partial charge on any atom is -0.444 e. The molecule has 0 atom stereocenters. The number of amides is 1. The molecule has 0 saturated carbocycles. The number of hydrogen-bond donors (Lipinski definition) is 1. The first-order chi connectivity index (χ1) is 8.35. The molecule has 1 amide bonds. The Kier molecular flexibility index (Phi) is 3.15. The third-order valence-corrected chi connectivity index (χ3v) is 2.72. The predicted octanol–water partition coefficient (Wildman–Crippen LogP) is 1.96. The van der Waals surface area contributed by atoms with Crippen LogP contribution >= 0.6 is 0 Å². The Labute approximate surface area is 107 Å². The summed E-state index contributed by atoms with van der Waals surface area (Å²) < 4.78 is 5.35. The highest BCUT2D eigenvalue weighted by Crippen LogP contribution is 2.20. The zero-order chi connectivity index (χ0) is 13.3. The Balaban J connectivity index is 2.08. The summed E-state index contributed by atoms with van der Waals surface area (Å²) in [4.78, 5) is 17.9. The lowest BCUT2D eigenvalue weighted by Crippen LogP contribution is -2.40. The first-order valence-electron chi connectivity index (χ1n) is 6.06. The van der Waals surface area contributed by atoms with E-state index in [1.165, 1.54) is 0 Å². The minimum atomic E-state index is -0.466. The van der Waals surface area contributed by atoms with Crippen molar-refractivity contribution in [1.29, 1.82) is 0 Å². The lowest BCUT2D eigenvalue weighted by molar-refractivity contribution is 0.0221. The molecule has 0 unspecified atom stereocenters. The highest BCUT2D eigenvalue weighted by atomic mass is 16.6. The molecule has 1 aliphatic rings. The summed E-state index contributed by atoms with van der Waals surface area (Å²) >= 11 is 0. The van der Waals surface area contributed by atoms with Crippen molar-refractivity contribution in [2.45, 2.75) is 39.3 Å². The summed E-state index contributed by atoms with van der Waals surface area (Å²) in [6, 6.07) is 1.93. The van der Waals surface area contributed by atoms with Crippen molar-refractivity contribution in [3.05, 3.63) is 23.5 Å². The fraction of sp³-hybridized carbons (Fsp3) is 0.538. The van der Waals surface area contributed by atoms with E-state index in [0.29, 0.717) is 18.8 Å². The van der Waals surface area contributed by atoms with E-state index in [0.717, 1.165) is 17.7 Å². The average Bonchev–Trinajstić information content (AvgIpc) is 2.26. The van der Waals surface area contributed by atoms with Gasteiger partial charge in [-0.2, -0.15) is 0 Å². The third-order valence-electron chi connectivity index (χ3n) is 2.72. The number of pyridine rings is 1. The number of nitrogens with two attached hydrogens (primary N) is 1. The summed E-state index contributed by atoms with van der Waals surface area (Å²) in [6.07, 6.45) is 2.11. The largest absolute Gasteiger partial charge is 0.444 e. The van der Waals surface area contributed by atoms with Gasteiger partial charge in [-0.25, -0.2) is 4.79 Å². The number of ether oxygens (including phenoxy) is 1. The number of rotatable bonds is 0. The van der Waals surface area contributed by atoms with Gasteiger partial charge in [-0.3, -0.25) is 4.98 Å². The van der Waals surface area contributed by atoms with Crippen LogP contribution in [0.1, 0.15) is 32.0 Å². The van der Waals surface area contributed by atoms with E-state index in [4.69, 9.17) is 10.5 Å². The van der Waals surface area contributed by atoms with Crippen molar-refractivity contribution in [3.8, 4) is 0 Å². The van der Waals surface area contributed by atoms with Crippen molar-refractivity contribution < 1.29 is 9.53 Å². The van der Waals surface area contributed by atoms with Crippen molar-refractivity contribution >= 4 is 11.8 Å². The highest BCUT2D eigenvalue weighted by molar-refractivity contribution is 5.68. The number of anilines is 1. The zero-order valence-electron chi connectivity index (χ0n) is 11.1. The summed E-state index contributed by atoms with van der Waals surface area (Å²) in [5.41, 5.74) is 7.92. The van der Waals surface area contributed by atoms with E-state index in [1.54, 1.807) is 11.1 Å². The van der Waals surface area contributed by atoms with Crippen molar-refractivity contribution in [1.82, 2.24) is 9.88 Å². The first kappa shape index (κ1) is 12.7. The number of carbonyl (C=O) groups is 1. The maximum absolute atomic E-state index is 11.9. The van der Waals surface area contributed by atoms with Crippen molar-refractivity contribution in [2.75, 3.05) is 12.3 Å². The van der Waals surface area contributed by atoms with Crippen LogP contribution in [-0.2, 0) is 17.7 Å². The fourth-order valence-electron chi connectivity index (χ4n) is 1.91. The van der Waals surface area contributed by atoms with Gasteiger partial charge in [0.15, 0.2) is 0 Å². The normalized spacial score (nSPS) is 15.2. The summed E-state index contributed by atoms with van der Waals surface area (Å²) in [5, 5.41) is 0. The Morgan fingerprint density at radius 1 is 1.50 bits per heavy atom. The van der Waals surface area contributed by atoms with E-state index < -0.39 is 5.60 Å². The van der Waals surface area contributed by atoms with Crippen LogP contribution < -0.4 is 5.73 Å². The smallest absolute Gasteiger partial charge is 0.410 e. The summed E-state index contributed by atoms with van der Waals surface area (Å²) in [6.45, 7) is 6.72. The van der Waals surface area contributed by atoms with Gasteiger partial charge in [-0.1, -0.05) is 0 Å². The summed E-state index contributed by atoms with van der Waals surface area (Å²) in [5.74, 6) is 0. The number of aromatic nitrogens is 1. The topological polar surface area (TPSA) is 68.5 Å². The lowest BCUT2D eigenvalue weighted by Gasteiger charge is -2.30. The number of carbonyl (C=O) groups excluding carboxylic acids is 1. The molecule has 0 aliphatic carbocycles. The zero-order valence-corrected chi connectivity index (χ0v) is 11.1. The molecular formula is C13H19N3O2. The number of fused-ring (bicyclic) bond motifs is 1. The molecule has 98 valence electrons. The van der Waals surface area contributed by atoms with Crippen molar-refractivity contribution in [3.63, 3.8) is 0 Å². The molecule has 1 aromatic heterocycles. The second-order valence-corrected chi connectivity index (χ2v) is 5.53. The monoisotopic (exact) mass is 249 g/mol. The molecule has 5 nitrogen and oxygen atoms in total. The molecule has 1 aromatic rings. The molecule has 5 heteroatoms. The second kappa shape index (κ2) is 4.48. The lowest BCUT2D eigenvalue weighted by atomic mass is 10.1. The molecular weight excluding hydrogens is 230 g/mol. The molecule has 18 heavy (non-hydrogen) atoms. The molecule has 0 radical (unpaired) electrons. The van der Waals surface area contributed by atoms with Gasteiger partial charge >= 0.3 is 6.09 Å². The Morgan fingerprint density at radius 3 is 2.89 bits per heavy atom. The number of hydrogen-bond acceptors (Lipinski definition) is 4. The molecule has 2 heterocycles. The highest BCUT2D eigenvalue weighted by Gasteiger charge is 2.26. The van der Waals surface area contributed by atoms with E-state index in [9.17, 15) is 4.79 Å². The Morgan fingerprint density at radius 2 is 2.22 bits per heavy atom. The first-order valence-corrected chi connectivity index (χ1v) is 6.06. The Bertz CT molecular complexity index is 466. The van der Waals surface area contributed by atoms with Crippen LogP contribution in [0.25, 0.3) is 0 Å². The van der Waals surface area contributed by atoms with Gasteiger partial charge in [0, 0.05) is 6.54 Å². The maximum atomic E-state index is 11.9. The van der Waals surface area contributed by atoms with Crippen LogP contribution in [0.3, 0.4) is 0 Å². The molecule has 0 spiro atoms. The average molecular weight is 249 g/mol. The molecule has 0 fully saturated rings. The van der Waals surface area contributed by atoms with Crippen LogP contribution in [0.4, 0.5) is 10.5 Å². The van der Waals surface area contributed by atoms with Gasteiger partial charge in [-0.15, -0.1) is 0 Å². The van der Waals surface area contributed by atoms with Gasteiger partial charge in [0.2, 0.25) is 0 Å². The van der Waals surface area contributed by atoms with E-state index in [2.05, 4.69) is 4.98 Å². The van der Waals surface area contributed by atoms with Gasteiger partial charge in [0.05, 0.1) is 24.1 Å². The van der Waals surface area contributed by atoms with Gasteiger partial charge < -0.3 is 15.4 Å². The minimum absolute atomic E-state index is 0.285. The quantitative estimate of drug-likeness (QED) is 0.763. The van der Waals surface area contributed by atoms with Gasteiger partial charge in [0.1, 0.15) is 5.60 Å². The van der Waals surface area contributed by atoms with Gasteiger partial charge in [0.25, 0.3) is 0 Å². The van der Waals surface area contributed by atoms with Crippen LogP contribution in [-0.4, -0.2) is 28.1 Å². The van der Waals surface area contributed by atoms with E-state index in [-0.39, 0.29) is 6.09 Å². The van der Waals surface area contributed by atoms with E-state index in [1.807, 2.05) is 26.8 Å². The fourth-order valence-corrected chi connectivity index (χ4v) is 1.91. The van der Waals surface area contributed by atoms with Gasteiger partial charge in [-0.05, 0) is 38.8 Å². The molecule has 2 rings (SSSR count). The van der Waals surface area contributed by atoms with E-state index >= 15 is 0 Å². The van der Waals surface area contributed by atoms with Crippen LogP contribution in [0.2, 0.25) is 0 Å². The summed E-state index contributed by atoms with van der Waals surface area (Å²) in [7, 11) is 0. The predicted molar refractivity (Wildman–Crippen MR) is 69.0 cm³/mol. The number of nitrogens with zero attached hydrogens (tertiary/aromatic N) is 2. The standard InChI is InChI=1S/C13H19N3O2/c1-13(2,3)18-12(17)16-5-4-9-6-10(14)7-15-11(9)8-16/h6-7H,4-5,8,14H2,1-3H3. The van der Waals surface area contributed by atoms with Crippen molar-refractivity contribution in [2.24, 2.45) is 0 Å². The molecule has 0 bridgehead atoms. The Hall–Kier alpha value is -1.78.